The molecule has 18 heavy (non-hydrogen) atoms. The summed E-state index contributed by atoms with van der Waals surface area (Å²) in [7, 11) is 0. The number of carbonyl (C=O) groups is 1. The van der Waals surface area contributed by atoms with Crippen molar-refractivity contribution in [2.75, 3.05) is 13.2 Å². The van der Waals surface area contributed by atoms with Gasteiger partial charge in [0, 0.05) is 5.02 Å². The molecule has 98 valence electrons. The van der Waals surface area contributed by atoms with Crippen molar-refractivity contribution < 1.29 is 14.3 Å². The van der Waals surface area contributed by atoms with Crippen LogP contribution in [0.4, 0.5) is 0 Å². The molecule has 1 aromatic carbocycles. The van der Waals surface area contributed by atoms with Gasteiger partial charge < -0.3 is 9.47 Å². The summed E-state index contributed by atoms with van der Waals surface area (Å²) in [6.45, 7) is 1.55. The standard InChI is InChI=1S/C12H11Cl3O3/c1-2-8(13)6-18-12(16)7-17-11-4-3-9(14)5-10(11)15/h2-5H,6-7H2,1H3. The van der Waals surface area contributed by atoms with Crippen LogP contribution in [0, 0.1) is 0 Å². The van der Waals surface area contributed by atoms with E-state index in [9.17, 15) is 4.79 Å². The summed E-state index contributed by atoms with van der Waals surface area (Å²) in [6.07, 6.45) is 1.64. The van der Waals surface area contributed by atoms with Gasteiger partial charge in [-0.25, -0.2) is 4.79 Å². The summed E-state index contributed by atoms with van der Waals surface area (Å²) in [5.41, 5.74) is 0. The van der Waals surface area contributed by atoms with Gasteiger partial charge in [0.2, 0.25) is 0 Å². The molecule has 6 heteroatoms. The Bertz CT molecular complexity index is 458. The van der Waals surface area contributed by atoms with Crippen molar-refractivity contribution in [3.8, 4) is 5.75 Å². The summed E-state index contributed by atoms with van der Waals surface area (Å²) in [5.74, 6) is -0.156. The van der Waals surface area contributed by atoms with Crippen LogP contribution in [0.2, 0.25) is 10.0 Å². The summed E-state index contributed by atoms with van der Waals surface area (Å²) in [4.78, 5) is 11.3. The zero-order valence-corrected chi connectivity index (χ0v) is 11.9. The first-order chi connectivity index (χ1) is 8.52. The Hall–Kier alpha value is -0.900. The van der Waals surface area contributed by atoms with Crippen molar-refractivity contribution in [1.29, 1.82) is 0 Å². The number of carbonyl (C=O) groups excluding carboxylic acids is 1. The maximum atomic E-state index is 11.3. The number of ether oxygens (including phenoxy) is 2. The zero-order chi connectivity index (χ0) is 13.5. The van der Waals surface area contributed by atoms with Crippen LogP contribution in [0.15, 0.2) is 29.3 Å². The number of esters is 1. The zero-order valence-electron chi connectivity index (χ0n) is 9.58. The molecule has 1 aromatic rings. The Kier molecular flexibility index (Phi) is 6.33. The van der Waals surface area contributed by atoms with Crippen LogP contribution in [-0.2, 0) is 9.53 Å². The van der Waals surface area contributed by atoms with Crippen molar-refractivity contribution in [1.82, 2.24) is 0 Å². The summed E-state index contributed by atoms with van der Waals surface area (Å²) in [6, 6.07) is 4.72. The average Bonchev–Trinajstić information content (AvgIpc) is 2.34. The second-order valence-corrected chi connectivity index (χ2v) is 4.59. The minimum absolute atomic E-state index is 0.0363. The highest BCUT2D eigenvalue weighted by atomic mass is 35.5. The maximum absolute atomic E-state index is 11.3. The Morgan fingerprint density at radius 1 is 1.33 bits per heavy atom. The molecule has 0 radical (unpaired) electrons. The van der Waals surface area contributed by atoms with E-state index in [0.29, 0.717) is 20.8 Å². The average molecular weight is 310 g/mol. The molecule has 0 fully saturated rings. The lowest BCUT2D eigenvalue weighted by atomic mass is 10.3. The van der Waals surface area contributed by atoms with Crippen molar-refractivity contribution >= 4 is 40.8 Å². The van der Waals surface area contributed by atoms with E-state index in [2.05, 4.69) is 0 Å². The Morgan fingerprint density at radius 2 is 2.06 bits per heavy atom. The highest BCUT2D eigenvalue weighted by Gasteiger charge is 2.07. The Balaban J connectivity index is 2.43. The monoisotopic (exact) mass is 308 g/mol. The lowest BCUT2D eigenvalue weighted by Crippen LogP contribution is -2.15. The van der Waals surface area contributed by atoms with Gasteiger partial charge in [-0.1, -0.05) is 40.9 Å². The number of hydrogen-bond donors (Lipinski definition) is 0. The van der Waals surface area contributed by atoms with Gasteiger partial charge in [0.15, 0.2) is 6.61 Å². The van der Waals surface area contributed by atoms with Gasteiger partial charge in [0.25, 0.3) is 0 Å². The van der Waals surface area contributed by atoms with E-state index in [1.807, 2.05) is 0 Å². The van der Waals surface area contributed by atoms with Gasteiger partial charge in [-0.15, -0.1) is 0 Å². The van der Waals surface area contributed by atoms with Crippen molar-refractivity contribution in [2.24, 2.45) is 0 Å². The lowest BCUT2D eigenvalue weighted by Gasteiger charge is -2.08. The SMILES string of the molecule is CC=C(Cl)COC(=O)COc1ccc(Cl)cc1Cl. The highest BCUT2D eigenvalue weighted by molar-refractivity contribution is 6.35. The molecule has 0 N–H and O–H groups in total. The minimum Gasteiger partial charge on any atom is -0.480 e. The van der Waals surface area contributed by atoms with Crippen molar-refractivity contribution in [3.05, 3.63) is 39.4 Å². The van der Waals surface area contributed by atoms with E-state index in [0.717, 1.165) is 0 Å². The first-order valence-corrected chi connectivity index (χ1v) is 6.20. The van der Waals surface area contributed by atoms with Gasteiger partial charge in [0.1, 0.15) is 12.4 Å². The normalized spacial score (nSPS) is 11.2. The fraction of sp³-hybridized carbons (Fsp3) is 0.250. The number of rotatable bonds is 5. The molecular weight excluding hydrogens is 298 g/mol. The number of hydrogen-bond acceptors (Lipinski definition) is 3. The Labute approximate surface area is 120 Å². The van der Waals surface area contributed by atoms with Crippen LogP contribution in [0.1, 0.15) is 6.92 Å². The topological polar surface area (TPSA) is 35.5 Å². The molecule has 0 atom stereocenters. The third kappa shape index (κ3) is 5.17. The van der Waals surface area contributed by atoms with Crippen LogP contribution in [0.5, 0.6) is 5.75 Å². The molecule has 1 rings (SSSR count). The molecule has 0 saturated heterocycles. The van der Waals surface area contributed by atoms with Gasteiger partial charge in [-0.2, -0.15) is 0 Å². The maximum Gasteiger partial charge on any atom is 0.344 e. The molecule has 3 nitrogen and oxygen atoms in total. The number of benzene rings is 1. The van der Waals surface area contributed by atoms with Gasteiger partial charge in [0.05, 0.1) is 10.1 Å². The molecule has 0 amide bonds. The van der Waals surface area contributed by atoms with E-state index in [4.69, 9.17) is 44.3 Å². The molecule has 0 heterocycles. The fourth-order valence-electron chi connectivity index (χ4n) is 1.00. The van der Waals surface area contributed by atoms with Gasteiger partial charge in [-0.3, -0.25) is 0 Å². The molecule has 0 aliphatic carbocycles. The van der Waals surface area contributed by atoms with E-state index in [1.54, 1.807) is 25.1 Å². The van der Waals surface area contributed by atoms with Gasteiger partial charge in [-0.05, 0) is 25.1 Å². The van der Waals surface area contributed by atoms with Crippen molar-refractivity contribution in [3.63, 3.8) is 0 Å². The van der Waals surface area contributed by atoms with E-state index < -0.39 is 5.97 Å². The summed E-state index contributed by atoms with van der Waals surface area (Å²) >= 11 is 17.3. The van der Waals surface area contributed by atoms with Crippen LogP contribution in [0.3, 0.4) is 0 Å². The summed E-state index contributed by atoms with van der Waals surface area (Å²) < 4.78 is 10.0. The first kappa shape index (κ1) is 15.2. The first-order valence-electron chi connectivity index (χ1n) is 5.07. The van der Waals surface area contributed by atoms with Crippen LogP contribution in [-0.4, -0.2) is 19.2 Å². The lowest BCUT2D eigenvalue weighted by molar-refractivity contribution is -0.144. The second kappa shape index (κ2) is 7.52. The molecule has 0 bridgehead atoms. The van der Waals surface area contributed by atoms with Crippen LogP contribution in [0.25, 0.3) is 0 Å². The minimum atomic E-state index is -0.527. The largest absolute Gasteiger partial charge is 0.480 e. The fourth-order valence-corrected chi connectivity index (χ4v) is 1.52. The molecule has 0 aliphatic rings. The third-order valence-electron chi connectivity index (χ3n) is 1.92. The predicted octanol–water partition coefficient (Wildman–Crippen LogP) is 4.06. The molecule has 0 spiro atoms. The predicted molar refractivity (Wildman–Crippen MR) is 72.5 cm³/mol. The van der Waals surface area contributed by atoms with Gasteiger partial charge >= 0.3 is 5.97 Å². The Morgan fingerprint density at radius 3 is 2.67 bits per heavy atom. The molecule has 0 aromatic heterocycles. The highest BCUT2D eigenvalue weighted by Crippen LogP contribution is 2.27. The smallest absolute Gasteiger partial charge is 0.344 e. The summed E-state index contributed by atoms with van der Waals surface area (Å²) in [5, 5.41) is 1.28. The van der Waals surface area contributed by atoms with E-state index >= 15 is 0 Å². The molecule has 0 saturated carbocycles. The van der Waals surface area contributed by atoms with E-state index in [-0.39, 0.29) is 13.2 Å². The molecule has 0 unspecified atom stereocenters. The quantitative estimate of drug-likeness (QED) is 0.770. The van der Waals surface area contributed by atoms with Crippen LogP contribution < -0.4 is 4.74 Å². The molecular formula is C12H11Cl3O3. The molecule has 0 aliphatic heterocycles. The van der Waals surface area contributed by atoms with E-state index in [1.165, 1.54) is 6.07 Å². The number of allylic oxidation sites excluding steroid dienone is 1. The second-order valence-electron chi connectivity index (χ2n) is 3.26. The van der Waals surface area contributed by atoms with Crippen LogP contribution >= 0.6 is 34.8 Å². The number of halogens is 3. The third-order valence-corrected chi connectivity index (χ3v) is 2.78. The van der Waals surface area contributed by atoms with Crippen molar-refractivity contribution in [2.45, 2.75) is 6.92 Å².